The highest BCUT2D eigenvalue weighted by molar-refractivity contribution is 6.39. The number of fused-ring (bicyclic) bond motifs is 15. The molecule has 3 fully saturated rings. The minimum absolute atomic E-state index is 0.0318. The molecule has 19 heteroatoms. The lowest BCUT2D eigenvalue weighted by molar-refractivity contribution is -0.265. The number of Topliss-reactive ketones (excluding diaryl/α,β-unsaturated/α-hetero) is 3. The number of allylic oxidation sites excluding steroid dienone is 4. The number of piperidine rings is 1. The van der Waals surface area contributed by atoms with E-state index in [2.05, 4.69) is 0 Å². The fourth-order valence-electron chi connectivity index (χ4n) is 12.7. The maximum Gasteiger partial charge on any atom is 0.352 e. The quantitative estimate of drug-likeness (QED) is 0.175. The van der Waals surface area contributed by atoms with Gasteiger partial charge < -0.3 is 43.9 Å². The Hall–Kier alpha value is -5.15. The highest BCUT2D eigenvalue weighted by Gasteiger charge is 2.53. The molecule has 1 amide bonds. The Morgan fingerprint density at radius 3 is 2.17 bits per heavy atom. The number of para-hydroxylation sites is 1. The van der Waals surface area contributed by atoms with Crippen molar-refractivity contribution in [2.24, 2.45) is 35.5 Å². The van der Waals surface area contributed by atoms with Crippen LogP contribution in [0.15, 0.2) is 75.4 Å². The molecule has 5 aliphatic heterocycles. The number of carbonyl (C=O) groups excluding carboxylic acids is 5. The number of aliphatic hydroxyl groups excluding tert-OH is 2. The number of aliphatic hydroxyl groups is 3. The Bertz CT molecular complexity index is 2690. The van der Waals surface area contributed by atoms with Crippen molar-refractivity contribution in [3.63, 3.8) is 0 Å². The predicted molar refractivity (Wildman–Crippen MR) is 288 cm³/mol. The van der Waals surface area contributed by atoms with Gasteiger partial charge in [-0.1, -0.05) is 77.1 Å². The van der Waals surface area contributed by atoms with Gasteiger partial charge in [-0.3, -0.25) is 19.2 Å². The number of esters is 1. The lowest BCUT2D eigenvalue weighted by Gasteiger charge is -2.42. The summed E-state index contributed by atoms with van der Waals surface area (Å²) in [5.41, 5.74) is 0.138. The van der Waals surface area contributed by atoms with Crippen LogP contribution in [0.5, 0.6) is 0 Å². The first-order valence-corrected chi connectivity index (χ1v) is 28.1. The molecular formula is C59H84N4O15. The van der Waals surface area contributed by atoms with Crippen molar-refractivity contribution in [1.29, 1.82) is 0 Å². The molecule has 3 N–H and O–H groups in total. The molecule has 4 bridgehead atoms. The molecule has 1 saturated carbocycles. The van der Waals surface area contributed by atoms with E-state index >= 15 is 0 Å². The number of carbonyl (C=O) groups is 5. The Labute approximate surface area is 457 Å². The van der Waals surface area contributed by atoms with E-state index < -0.39 is 119 Å². The third-order valence-corrected chi connectivity index (χ3v) is 17.6. The average molecular weight is 1090 g/mol. The summed E-state index contributed by atoms with van der Waals surface area (Å²) in [7, 11) is 4.38. The van der Waals surface area contributed by atoms with Crippen LogP contribution in [0.2, 0.25) is 0 Å². The van der Waals surface area contributed by atoms with Gasteiger partial charge in [0.25, 0.3) is 11.7 Å². The molecule has 1 aliphatic carbocycles. The van der Waals surface area contributed by atoms with Crippen LogP contribution in [0.3, 0.4) is 0 Å². The number of hydrogen-bond donors (Lipinski definition) is 3. The first kappa shape index (κ1) is 60.5. The monoisotopic (exact) mass is 1090 g/mol. The van der Waals surface area contributed by atoms with Gasteiger partial charge in [-0.25, -0.2) is 28.3 Å². The van der Waals surface area contributed by atoms with E-state index in [1.165, 1.54) is 23.6 Å². The summed E-state index contributed by atoms with van der Waals surface area (Å²) in [6, 6.07) is 5.89. The maximum atomic E-state index is 14.6. The maximum absolute atomic E-state index is 14.6. The molecule has 78 heavy (non-hydrogen) atoms. The smallest absolute Gasteiger partial charge is 0.352 e. The van der Waals surface area contributed by atoms with Crippen molar-refractivity contribution < 1.29 is 63.0 Å². The van der Waals surface area contributed by atoms with Crippen molar-refractivity contribution in [1.82, 2.24) is 18.8 Å². The molecule has 5 unspecified atom stereocenters. The largest absolute Gasteiger partial charge is 0.460 e. The van der Waals surface area contributed by atoms with Gasteiger partial charge >= 0.3 is 17.3 Å². The number of amides is 1. The minimum Gasteiger partial charge on any atom is -0.460 e. The van der Waals surface area contributed by atoms with Crippen molar-refractivity contribution >= 4 is 29.2 Å². The number of ether oxygens (including phenoxy) is 5. The number of aromatic nitrogens is 3. The number of nitrogens with zero attached hydrogens (tertiary/aromatic N) is 4. The summed E-state index contributed by atoms with van der Waals surface area (Å²) in [5, 5.41) is 34.5. The summed E-state index contributed by atoms with van der Waals surface area (Å²) in [6.07, 6.45) is 5.18. The van der Waals surface area contributed by atoms with Gasteiger partial charge in [0.1, 0.15) is 30.1 Å². The molecule has 6 heterocycles. The molecule has 430 valence electrons. The van der Waals surface area contributed by atoms with Gasteiger partial charge in [0.15, 0.2) is 5.78 Å². The van der Waals surface area contributed by atoms with Crippen molar-refractivity contribution in [3.8, 4) is 5.69 Å². The molecule has 8 rings (SSSR count). The standard InChI is InChI=1S/C59H84N4O15/c1-33-26-37(5)51(66)53(76-10)52(67)38(6)27-34(2)47(65)32-49(35(3)28-40-20-24-46(64)50(30-40)75-9)77-56(70)45-18-14-15-25-60(45)55(69)54(68)59(73)39(7)19-22-43(78-59)31-48(74-8)36(4)29-42-21-23-44(33)63-58(72)61(57(71)62(42)63)41-16-12-11-13-17-41/h11-13,16-17,21,23,27,29,33-35,37,39-40,42-46,48-50,52-53,64,67,73H,14-15,18-20,22,24-26,28,30-32H2,1-10H3/t33-,34+,35+,37+,39+,40?,42?,43+,44?,45-,46?,48-,49-,50?,52+,53-,59+/m0/s1. The molecule has 6 aliphatic rings. The van der Waals surface area contributed by atoms with Gasteiger partial charge in [-0.2, -0.15) is 0 Å². The van der Waals surface area contributed by atoms with Crippen molar-refractivity contribution in [2.75, 3.05) is 27.9 Å². The fourth-order valence-corrected chi connectivity index (χ4v) is 12.7. The van der Waals surface area contributed by atoms with Crippen LogP contribution in [0, 0.1) is 35.5 Å². The third kappa shape index (κ3) is 12.9. The normalized spacial score (nSPS) is 35.8. The van der Waals surface area contributed by atoms with Crippen LogP contribution in [-0.4, -0.2) is 146 Å². The van der Waals surface area contributed by atoms with E-state index in [9.17, 15) is 48.9 Å². The molecule has 2 aromatic rings. The van der Waals surface area contributed by atoms with Crippen LogP contribution < -0.4 is 11.4 Å². The average Bonchev–Trinajstić information content (AvgIpc) is 3.96. The predicted octanol–water partition coefficient (Wildman–Crippen LogP) is 5.53. The Kier molecular flexibility index (Phi) is 20.1. The topological polar surface area (TPSA) is 244 Å². The van der Waals surface area contributed by atoms with Crippen LogP contribution in [0.25, 0.3) is 5.69 Å². The summed E-state index contributed by atoms with van der Waals surface area (Å²) in [4.78, 5) is 103. The summed E-state index contributed by atoms with van der Waals surface area (Å²) >= 11 is 0. The first-order chi connectivity index (χ1) is 37.0. The third-order valence-electron chi connectivity index (χ3n) is 17.6. The molecule has 2 saturated heterocycles. The first-order valence-electron chi connectivity index (χ1n) is 28.1. The molecule has 19 nitrogen and oxygen atoms in total. The number of methoxy groups -OCH3 is 3. The fraction of sp³-hybridized carbons (Fsp3) is 0.678. The summed E-state index contributed by atoms with van der Waals surface area (Å²) in [6.45, 7) is 12.2. The second-order valence-corrected chi connectivity index (χ2v) is 23.1. The van der Waals surface area contributed by atoms with Gasteiger partial charge in [0.05, 0.1) is 42.2 Å². The number of ketones is 3. The van der Waals surface area contributed by atoms with E-state index in [4.69, 9.17) is 23.7 Å². The zero-order valence-electron chi connectivity index (χ0n) is 47.2. The van der Waals surface area contributed by atoms with Crippen molar-refractivity contribution in [3.05, 3.63) is 86.8 Å². The van der Waals surface area contributed by atoms with E-state index in [1.54, 1.807) is 71.2 Å². The van der Waals surface area contributed by atoms with Gasteiger partial charge in [0.2, 0.25) is 5.79 Å². The second-order valence-electron chi connectivity index (χ2n) is 23.1. The minimum atomic E-state index is -2.55. The zero-order valence-corrected chi connectivity index (χ0v) is 47.2. The van der Waals surface area contributed by atoms with Gasteiger partial charge in [-0.15, -0.1) is 0 Å². The van der Waals surface area contributed by atoms with Crippen LogP contribution in [0.1, 0.15) is 138 Å². The molecule has 0 radical (unpaired) electrons. The molecule has 1 aromatic carbocycles. The molecule has 17 atom stereocenters. The van der Waals surface area contributed by atoms with Crippen LogP contribution in [0.4, 0.5) is 0 Å². The van der Waals surface area contributed by atoms with E-state index in [-0.39, 0.29) is 56.0 Å². The summed E-state index contributed by atoms with van der Waals surface area (Å²) < 4.78 is 33.8. The highest BCUT2D eigenvalue weighted by atomic mass is 16.6. The number of hydrogen-bond acceptors (Lipinski definition) is 15. The Morgan fingerprint density at radius 1 is 0.782 bits per heavy atom. The lowest BCUT2D eigenvalue weighted by Crippen LogP contribution is -2.61. The Balaban J connectivity index is 1.26. The zero-order chi connectivity index (χ0) is 56.9. The lowest BCUT2D eigenvalue weighted by atomic mass is 9.78. The number of benzene rings is 1. The van der Waals surface area contributed by atoms with Gasteiger partial charge in [0, 0.05) is 58.5 Å². The second kappa shape index (κ2) is 26.0. The van der Waals surface area contributed by atoms with E-state index in [0.717, 1.165) is 9.47 Å². The van der Waals surface area contributed by atoms with Crippen LogP contribution in [-0.2, 0) is 47.7 Å². The van der Waals surface area contributed by atoms with Gasteiger partial charge in [-0.05, 0) is 119 Å². The summed E-state index contributed by atoms with van der Waals surface area (Å²) in [5.74, 6) is -9.44. The van der Waals surface area contributed by atoms with Crippen LogP contribution >= 0.6 is 0 Å². The van der Waals surface area contributed by atoms with E-state index in [0.29, 0.717) is 68.2 Å². The number of rotatable bonds is 7. The molecule has 1 aromatic heterocycles. The van der Waals surface area contributed by atoms with E-state index in [1.807, 2.05) is 39.0 Å². The Morgan fingerprint density at radius 2 is 1.49 bits per heavy atom. The highest BCUT2D eigenvalue weighted by Crippen LogP contribution is 2.39. The molecular weight excluding hydrogens is 1000 g/mol. The SMILES string of the molecule is COC1CC(C[C@@H](C)[C@@H]2CC(=O)[C@H](C)C=C(C)[C@@H](O)[C@@H](OC)C(=O)[C@H](C)C[C@H](C)C3C=CC(C=C(C)[C@@H](OC)C[C@H]4CC[C@@H](C)[C@@](O)(O4)C(=O)C(=O)N4CCCC[C@H]4C(=O)O2)n2c(=O)n(-c4ccccc4)c(=O)n23)CCC1O. The molecule has 0 spiro atoms. The van der Waals surface area contributed by atoms with Crippen molar-refractivity contribution in [2.45, 2.75) is 192 Å².